The van der Waals surface area contributed by atoms with Crippen LogP contribution in [0.5, 0.6) is 0 Å². The lowest BCUT2D eigenvalue weighted by Crippen LogP contribution is -2.25. The van der Waals surface area contributed by atoms with Gasteiger partial charge in [-0.3, -0.25) is 4.79 Å². The number of hydrogen-bond acceptors (Lipinski definition) is 2. The number of hydrogen-bond donors (Lipinski definition) is 1. The van der Waals surface area contributed by atoms with Gasteiger partial charge >= 0.3 is 6.18 Å². The van der Waals surface area contributed by atoms with Crippen LogP contribution < -0.4 is 5.32 Å². The summed E-state index contributed by atoms with van der Waals surface area (Å²) in [6, 6.07) is 15.5. The van der Waals surface area contributed by atoms with Crippen LogP contribution in [0.25, 0.3) is 17.1 Å². The molecule has 4 aromatic rings. The average Bonchev–Trinajstić information content (AvgIpc) is 3.38. The van der Waals surface area contributed by atoms with Crippen LogP contribution in [0.2, 0.25) is 0 Å². The summed E-state index contributed by atoms with van der Waals surface area (Å²) in [6.07, 6.45) is -2.63. The Morgan fingerprint density at radius 2 is 1.78 bits per heavy atom. The zero-order chi connectivity index (χ0) is 22.9. The molecular weight excluding hydrogens is 424 g/mol. The van der Waals surface area contributed by atoms with Crippen LogP contribution in [-0.4, -0.2) is 20.3 Å². The maximum Gasteiger partial charge on any atom is 0.416 e. The molecule has 0 saturated heterocycles. The van der Waals surface area contributed by atoms with Crippen molar-refractivity contribution in [1.29, 1.82) is 0 Å². The van der Waals surface area contributed by atoms with Crippen LogP contribution >= 0.6 is 0 Å². The molecule has 2 heterocycles. The molecule has 2 aromatic heterocycles. The number of aromatic nitrogens is 3. The van der Waals surface area contributed by atoms with Gasteiger partial charge in [-0.25, -0.2) is 9.07 Å². The molecule has 1 amide bonds. The Balaban J connectivity index is 1.64. The number of amides is 1. The van der Waals surface area contributed by atoms with E-state index in [0.717, 1.165) is 17.8 Å². The van der Waals surface area contributed by atoms with Crippen molar-refractivity contribution >= 4 is 5.91 Å². The van der Waals surface area contributed by atoms with E-state index < -0.39 is 23.5 Å². The van der Waals surface area contributed by atoms with Gasteiger partial charge in [0.25, 0.3) is 5.91 Å². The fourth-order valence-electron chi connectivity index (χ4n) is 3.30. The first-order valence-electron chi connectivity index (χ1n) is 9.64. The van der Waals surface area contributed by atoms with Gasteiger partial charge in [-0.1, -0.05) is 12.1 Å². The Morgan fingerprint density at radius 3 is 2.44 bits per heavy atom. The summed E-state index contributed by atoms with van der Waals surface area (Å²) < 4.78 is 55.4. The predicted molar refractivity (Wildman–Crippen MR) is 111 cm³/mol. The average molecular weight is 442 g/mol. The minimum absolute atomic E-state index is 0.100. The lowest BCUT2D eigenvalue weighted by atomic mass is 10.1. The third-order valence-electron chi connectivity index (χ3n) is 4.93. The summed E-state index contributed by atoms with van der Waals surface area (Å²) >= 11 is 0. The first-order valence-corrected chi connectivity index (χ1v) is 9.64. The van der Waals surface area contributed by atoms with Crippen LogP contribution in [0.4, 0.5) is 17.6 Å². The highest BCUT2D eigenvalue weighted by molar-refractivity contribution is 5.94. The molecule has 0 atom stereocenters. The third-order valence-corrected chi connectivity index (χ3v) is 4.93. The molecule has 0 radical (unpaired) electrons. The van der Waals surface area contributed by atoms with Gasteiger partial charge in [0.2, 0.25) is 0 Å². The fourth-order valence-corrected chi connectivity index (χ4v) is 3.30. The van der Waals surface area contributed by atoms with Crippen molar-refractivity contribution in [3.8, 4) is 17.1 Å². The zero-order valence-electron chi connectivity index (χ0n) is 16.9. The Kier molecular flexibility index (Phi) is 5.56. The highest BCUT2D eigenvalue weighted by atomic mass is 19.4. The van der Waals surface area contributed by atoms with E-state index in [0.29, 0.717) is 16.9 Å². The Hall–Kier alpha value is -3.88. The highest BCUT2D eigenvalue weighted by Crippen LogP contribution is 2.29. The van der Waals surface area contributed by atoms with Crippen molar-refractivity contribution in [2.24, 2.45) is 7.05 Å². The lowest BCUT2D eigenvalue weighted by Gasteiger charge is -2.10. The van der Waals surface area contributed by atoms with Crippen LogP contribution in [0.15, 0.2) is 72.9 Å². The number of aryl methyl sites for hydroxylation is 1. The van der Waals surface area contributed by atoms with Crippen LogP contribution in [-0.2, 0) is 19.8 Å². The van der Waals surface area contributed by atoms with E-state index in [1.165, 1.54) is 41.1 Å². The van der Waals surface area contributed by atoms with Crippen molar-refractivity contribution < 1.29 is 22.4 Å². The monoisotopic (exact) mass is 442 g/mol. The zero-order valence-corrected chi connectivity index (χ0v) is 16.9. The molecule has 4 rings (SSSR count). The second-order valence-corrected chi connectivity index (χ2v) is 7.19. The van der Waals surface area contributed by atoms with Gasteiger partial charge in [-0.05, 0) is 60.2 Å². The van der Waals surface area contributed by atoms with E-state index in [4.69, 9.17) is 0 Å². The van der Waals surface area contributed by atoms with Gasteiger partial charge in [-0.15, -0.1) is 0 Å². The van der Waals surface area contributed by atoms with Crippen molar-refractivity contribution in [2.75, 3.05) is 0 Å². The Morgan fingerprint density at radius 1 is 1.03 bits per heavy atom. The summed E-state index contributed by atoms with van der Waals surface area (Å²) in [4.78, 5) is 13.0. The molecule has 0 spiro atoms. The minimum atomic E-state index is -4.47. The molecule has 9 heteroatoms. The maximum absolute atomic E-state index is 13.4. The molecule has 1 N–H and O–H groups in total. The van der Waals surface area contributed by atoms with E-state index in [-0.39, 0.29) is 12.2 Å². The van der Waals surface area contributed by atoms with Gasteiger partial charge in [0.15, 0.2) is 0 Å². The maximum atomic E-state index is 13.4. The lowest BCUT2D eigenvalue weighted by molar-refractivity contribution is -0.137. The van der Waals surface area contributed by atoms with E-state index in [1.807, 2.05) is 29.9 Å². The molecular formula is C23H18F4N4O. The van der Waals surface area contributed by atoms with Crippen LogP contribution in [0.1, 0.15) is 21.6 Å². The molecule has 2 aromatic carbocycles. The summed E-state index contributed by atoms with van der Waals surface area (Å²) in [7, 11) is 1.83. The van der Waals surface area contributed by atoms with Gasteiger partial charge in [0.1, 0.15) is 17.2 Å². The van der Waals surface area contributed by atoms with Gasteiger partial charge in [0.05, 0.1) is 16.9 Å². The first-order chi connectivity index (χ1) is 15.2. The van der Waals surface area contributed by atoms with E-state index in [2.05, 4.69) is 10.4 Å². The highest BCUT2D eigenvalue weighted by Gasteiger charge is 2.30. The first kappa shape index (κ1) is 21.4. The normalized spacial score (nSPS) is 11.5. The summed E-state index contributed by atoms with van der Waals surface area (Å²) in [5.74, 6) is -0.959. The largest absolute Gasteiger partial charge is 0.416 e. The summed E-state index contributed by atoms with van der Waals surface area (Å²) in [5.41, 5.74) is 1.44. The Bertz CT molecular complexity index is 1260. The molecule has 0 aliphatic carbocycles. The summed E-state index contributed by atoms with van der Waals surface area (Å²) in [6.45, 7) is -0.100. The number of benzene rings is 2. The van der Waals surface area contributed by atoms with Crippen LogP contribution in [0.3, 0.4) is 0 Å². The van der Waals surface area contributed by atoms with Crippen molar-refractivity contribution in [3.05, 3.63) is 95.6 Å². The quantitative estimate of drug-likeness (QED) is 0.444. The predicted octanol–water partition coefficient (Wildman–Crippen LogP) is 4.97. The number of alkyl halides is 3. The Labute approximate surface area is 180 Å². The minimum Gasteiger partial charge on any atom is -0.349 e. The number of rotatable bonds is 5. The molecule has 0 fully saturated rings. The van der Waals surface area contributed by atoms with E-state index >= 15 is 0 Å². The van der Waals surface area contributed by atoms with Crippen LogP contribution in [0, 0.1) is 5.82 Å². The SMILES string of the molecule is Cn1cccc1-c1cc(C(=O)NCc2cccc(C(F)(F)F)c2)n(-c2ccc(F)cc2)n1. The fraction of sp³-hybridized carbons (Fsp3) is 0.130. The molecule has 0 saturated carbocycles. The topological polar surface area (TPSA) is 51.9 Å². The molecule has 0 aliphatic heterocycles. The van der Waals surface area contributed by atoms with Crippen molar-refractivity contribution in [2.45, 2.75) is 12.7 Å². The van der Waals surface area contributed by atoms with Gasteiger partial charge in [-0.2, -0.15) is 18.3 Å². The molecule has 32 heavy (non-hydrogen) atoms. The third kappa shape index (κ3) is 4.41. The van der Waals surface area contributed by atoms with E-state index in [9.17, 15) is 22.4 Å². The standard InChI is InChI=1S/C23H18F4N4O/c1-30-11-3-6-20(30)19-13-21(31(29-19)18-9-7-17(24)8-10-18)22(32)28-14-15-4-2-5-16(12-15)23(25,26)27/h2-13H,14H2,1H3,(H,28,32). The molecule has 164 valence electrons. The number of nitrogens with one attached hydrogen (secondary N) is 1. The number of halogens is 4. The second kappa shape index (κ2) is 8.33. The number of carbonyl (C=O) groups is 1. The molecule has 0 unspecified atom stereocenters. The number of nitrogens with zero attached hydrogens (tertiary/aromatic N) is 3. The van der Waals surface area contributed by atoms with Gasteiger partial charge in [0, 0.05) is 19.8 Å². The van der Waals surface area contributed by atoms with E-state index in [1.54, 1.807) is 6.07 Å². The van der Waals surface area contributed by atoms with Crippen molar-refractivity contribution in [1.82, 2.24) is 19.7 Å². The molecule has 5 nitrogen and oxygen atoms in total. The summed E-state index contributed by atoms with van der Waals surface area (Å²) in [5, 5.41) is 7.14. The second-order valence-electron chi connectivity index (χ2n) is 7.19. The number of carbonyl (C=O) groups excluding carboxylic acids is 1. The van der Waals surface area contributed by atoms with Gasteiger partial charge < -0.3 is 9.88 Å². The molecule has 0 aliphatic rings. The smallest absolute Gasteiger partial charge is 0.349 e. The molecule has 0 bridgehead atoms. The van der Waals surface area contributed by atoms with Crippen molar-refractivity contribution in [3.63, 3.8) is 0 Å².